The number of halogens is 1. The van der Waals surface area contributed by atoms with Gasteiger partial charge in [-0.1, -0.05) is 0 Å². The van der Waals surface area contributed by atoms with Gasteiger partial charge in [-0.25, -0.2) is 0 Å². The summed E-state index contributed by atoms with van der Waals surface area (Å²) in [5, 5.41) is 3.74. The van der Waals surface area contributed by atoms with E-state index in [1.807, 2.05) is 0 Å². The summed E-state index contributed by atoms with van der Waals surface area (Å²) in [5.41, 5.74) is 0. The van der Waals surface area contributed by atoms with E-state index in [0.717, 1.165) is 19.5 Å². The van der Waals surface area contributed by atoms with Gasteiger partial charge in [0.2, 0.25) is 17.2 Å². The van der Waals surface area contributed by atoms with Crippen LogP contribution in [-0.4, -0.2) is 58.1 Å². The minimum absolute atomic E-state index is 0.260. The quantitative estimate of drug-likeness (QED) is 0.898. The molecule has 1 N–H and O–H groups in total. The largest absolute Gasteiger partial charge is 0.350 e. The van der Waals surface area contributed by atoms with Gasteiger partial charge in [-0.2, -0.15) is 15.0 Å². The van der Waals surface area contributed by atoms with Gasteiger partial charge < -0.3 is 10.2 Å². The molecule has 6 nitrogen and oxygen atoms in total. The Kier molecular flexibility index (Phi) is 4.45. The summed E-state index contributed by atoms with van der Waals surface area (Å²) in [6, 6.07) is 1.05. The van der Waals surface area contributed by atoms with Crippen molar-refractivity contribution >= 4 is 23.5 Å². The van der Waals surface area contributed by atoms with Crippen molar-refractivity contribution in [3.8, 4) is 0 Å². The van der Waals surface area contributed by atoms with Crippen LogP contribution in [0.1, 0.15) is 33.1 Å². The fraction of sp³-hybridized carbons (Fsp3) is 0.786. The van der Waals surface area contributed by atoms with Crippen molar-refractivity contribution in [2.45, 2.75) is 45.2 Å². The van der Waals surface area contributed by atoms with Crippen LogP contribution in [0.2, 0.25) is 5.28 Å². The van der Waals surface area contributed by atoms with Crippen molar-refractivity contribution in [1.82, 2.24) is 19.9 Å². The highest BCUT2D eigenvalue weighted by atomic mass is 35.5. The van der Waals surface area contributed by atoms with Gasteiger partial charge in [-0.3, -0.25) is 4.90 Å². The first kappa shape index (κ1) is 14.8. The van der Waals surface area contributed by atoms with Gasteiger partial charge in [0, 0.05) is 31.7 Å². The molecule has 2 unspecified atom stereocenters. The van der Waals surface area contributed by atoms with E-state index in [4.69, 9.17) is 11.6 Å². The van der Waals surface area contributed by atoms with Crippen LogP contribution in [0.15, 0.2) is 0 Å². The molecule has 0 aliphatic carbocycles. The van der Waals surface area contributed by atoms with Crippen molar-refractivity contribution in [2.24, 2.45) is 0 Å². The Bertz CT molecular complexity index is 492. The van der Waals surface area contributed by atoms with Crippen LogP contribution in [0, 0.1) is 0 Å². The smallest absolute Gasteiger partial charge is 0.231 e. The number of nitrogens with one attached hydrogen (secondary N) is 1. The van der Waals surface area contributed by atoms with E-state index < -0.39 is 0 Å². The average Bonchev–Trinajstić information content (AvgIpc) is 3.05. The van der Waals surface area contributed by atoms with Crippen LogP contribution in [0.25, 0.3) is 0 Å². The minimum atomic E-state index is 0.260. The molecule has 3 heterocycles. The molecule has 2 saturated heterocycles. The molecule has 0 saturated carbocycles. The molecule has 0 amide bonds. The zero-order chi connectivity index (χ0) is 14.8. The highest BCUT2D eigenvalue weighted by molar-refractivity contribution is 6.28. The average molecular weight is 311 g/mol. The van der Waals surface area contributed by atoms with Gasteiger partial charge in [0.05, 0.1) is 0 Å². The first-order chi connectivity index (χ1) is 10.2. The number of hydrogen-bond acceptors (Lipinski definition) is 6. The summed E-state index contributed by atoms with van der Waals surface area (Å²) in [6.07, 6.45) is 3.71. The summed E-state index contributed by atoms with van der Waals surface area (Å²) in [7, 11) is 0. The lowest BCUT2D eigenvalue weighted by Gasteiger charge is -2.22. The molecule has 0 bridgehead atoms. The van der Waals surface area contributed by atoms with E-state index in [-0.39, 0.29) is 5.28 Å². The van der Waals surface area contributed by atoms with Crippen LogP contribution in [0.3, 0.4) is 0 Å². The van der Waals surface area contributed by atoms with Gasteiger partial charge >= 0.3 is 0 Å². The third kappa shape index (κ3) is 3.06. The third-order valence-corrected chi connectivity index (χ3v) is 4.73. The number of rotatable bonds is 5. The first-order valence-electron chi connectivity index (χ1n) is 7.88. The molecule has 21 heavy (non-hydrogen) atoms. The first-order valence-corrected chi connectivity index (χ1v) is 8.26. The Morgan fingerprint density at radius 2 is 2.00 bits per heavy atom. The Morgan fingerprint density at radius 3 is 2.76 bits per heavy atom. The van der Waals surface area contributed by atoms with Gasteiger partial charge in [-0.05, 0) is 51.3 Å². The topological polar surface area (TPSA) is 57.2 Å². The highest BCUT2D eigenvalue weighted by Crippen LogP contribution is 2.29. The van der Waals surface area contributed by atoms with Crippen molar-refractivity contribution in [3.05, 3.63) is 5.28 Å². The summed E-state index contributed by atoms with van der Waals surface area (Å²) in [6.45, 7) is 8.28. The second-order valence-corrected chi connectivity index (χ2v) is 6.02. The van der Waals surface area contributed by atoms with E-state index in [1.165, 1.54) is 25.9 Å². The molecule has 0 radical (unpaired) electrons. The minimum Gasteiger partial charge on any atom is -0.350 e. The zero-order valence-electron chi connectivity index (χ0n) is 12.7. The molecule has 1 aromatic rings. The standard InChI is InChI=1S/C14H23ClN6/c1-3-20(4-2)14-18-12(15)17-13(19-14)16-10-7-9-21-8-5-6-11(10)21/h10-11H,3-9H2,1-2H3,(H,16,17,18,19). The summed E-state index contributed by atoms with van der Waals surface area (Å²) >= 11 is 6.07. The predicted octanol–water partition coefficient (Wildman–Crippen LogP) is 2.02. The highest BCUT2D eigenvalue weighted by Gasteiger charge is 2.37. The Balaban J connectivity index is 1.76. The SMILES string of the molecule is CCN(CC)c1nc(Cl)nc(NC2CCN3CCCC23)n1. The van der Waals surface area contributed by atoms with Gasteiger partial charge in [0.15, 0.2) is 0 Å². The lowest BCUT2D eigenvalue weighted by molar-refractivity contribution is 0.318. The van der Waals surface area contributed by atoms with Crippen LogP contribution in [0.4, 0.5) is 11.9 Å². The maximum absolute atomic E-state index is 6.07. The normalized spacial score (nSPS) is 25.1. The molecule has 2 atom stereocenters. The van der Waals surface area contributed by atoms with Crippen LogP contribution in [-0.2, 0) is 0 Å². The van der Waals surface area contributed by atoms with Gasteiger partial charge in [0.1, 0.15) is 0 Å². The monoisotopic (exact) mass is 310 g/mol. The molecule has 2 aliphatic heterocycles. The molecule has 116 valence electrons. The third-order valence-electron chi connectivity index (χ3n) is 4.56. The molecule has 7 heteroatoms. The number of anilines is 2. The number of hydrogen-bond donors (Lipinski definition) is 1. The summed E-state index contributed by atoms with van der Waals surface area (Å²) in [5.74, 6) is 1.26. The zero-order valence-corrected chi connectivity index (χ0v) is 13.5. The maximum Gasteiger partial charge on any atom is 0.231 e. The van der Waals surface area contributed by atoms with Crippen LogP contribution in [0.5, 0.6) is 0 Å². The van der Waals surface area contributed by atoms with Crippen molar-refractivity contribution in [3.63, 3.8) is 0 Å². The molecular weight excluding hydrogens is 288 g/mol. The lowest BCUT2D eigenvalue weighted by Crippen LogP contribution is -2.34. The van der Waals surface area contributed by atoms with Crippen LogP contribution >= 0.6 is 11.6 Å². The van der Waals surface area contributed by atoms with Crippen LogP contribution < -0.4 is 10.2 Å². The van der Waals surface area contributed by atoms with E-state index in [0.29, 0.717) is 24.0 Å². The fourth-order valence-corrected chi connectivity index (χ4v) is 3.62. The van der Waals surface area contributed by atoms with Crippen molar-refractivity contribution < 1.29 is 0 Å². The number of aromatic nitrogens is 3. The van der Waals surface area contributed by atoms with E-state index >= 15 is 0 Å². The van der Waals surface area contributed by atoms with Crippen molar-refractivity contribution in [2.75, 3.05) is 36.4 Å². The second kappa shape index (κ2) is 6.32. The Labute approximate surface area is 130 Å². The summed E-state index contributed by atoms with van der Waals surface area (Å²) < 4.78 is 0. The van der Waals surface area contributed by atoms with Crippen molar-refractivity contribution in [1.29, 1.82) is 0 Å². The molecule has 3 rings (SSSR count). The molecular formula is C14H23ClN6. The van der Waals surface area contributed by atoms with Gasteiger partial charge in [-0.15, -0.1) is 0 Å². The maximum atomic E-state index is 6.07. The molecule has 2 aliphatic rings. The summed E-state index contributed by atoms with van der Waals surface area (Å²) in [4.78, 5) is 17.7. The molecule has 0 aromatic carbocycles. The van der Waals surface area contributed by atoms with Gasteiger partial charge in [0.25, 0.3) is 0 Å². The van der Waals surface area contributed by atoms with E-state index in [2.05, 4.69) is 43.9 Å². The molecule has 0 spiro atoms. The number of fused-ring (bicyclic) bond motifs is 1. The Hall–Kier alpha value is -1.14. The Morgan fingerprint density at radius 1 is 1.19 bits per heavy atom. The van der Waals surface area contributed by atoms with E-state index in [9.17, 15) is 0 Å². The van der Waals surface area contributed by atoms with E-state index in [1.54, 1.807) is 0 Å². The lowest BCUT2D eigenvalue weighted by atomic mass is 10.1. The fourth-order valence-electron chi connectivity index (χ4n) is 3.47. The predicted molar refractivity (Wildman–Crippen MR) is 85.0 cm³/mol. The molecule has 2 fully saturated rings. The number of nitrogens with zero attached hydrogens (tertiary/aromatic N) is 5. The molecule has 1 aromatic heterocycles. The second-order valence-electron chi connectivity index (χ2n) is 5.69.